The molecule has 0 aliphatic carbocycles. The minimum atomic E-state index is -0.234. The zero-order chi connectivity index (χ0) is 15.2. The third kappa shape index (κ3) is 4.38. The first-order valence-electron chi connectivity index (χ1n) is 6.55. The van der Waals surface area contributed by atoms with Gasteiger partial charge >= 0.3 is 0 Å². The molecule has 2 aromatic carbocycles. The molecule has 0 fully saturated rings. The van der Waals surface area contributed by atoms with Gasteiger partial charge < -0.3 is 10.1 Å². The predicted octanol–water partition coefficient (Wildman–Crippen LogP) is 4.57. The lowest BCUT2D eigenvalue weighted by Gasteiger charge is -2.11. The van der Waals surface area contributed by atoms with Gasteiger partial charge in [0.1, 0.15) is 5.75 Å². The fourth-order valence-electron chi connectivity index (χ4n) is 1.87. The van der Waals surface area contributed by atoms with Gasteiger partial charge in [0.2, 0.25) is 0 Å². The highest BCUT2D eigenvalue weighted by molar-refractivity contribution is 6.35. The summed E-state index contributed by atoms with van der Waals surface area (Å²) in [6, 6.07) is 12.5. The first-order chi connectivity index (χ1) is 10.1. The second kappa shape index (κ2) is 7.34. The Labute approximate surface area is 133 Å². The average Bonchev–Trinajstić information content (AvgIpc) is 2.47. The van der Waals surface area contributed by atoms with E-state index in [0.29, 0.717) is 15.8 Å². The molecule has 0 radical (unpaired) electrons. The number of carbonyl (C=O) groups is 1. The first-order valence-corrected chi connectivity index (χ1v) is 7.31. The molecule has 3 nitrogen and oxygen atoms in total. The normalized spacial score (nSPS) is 10.2. The maximum atomic E-state index is 11.9. The first kappa shape index (κ1) is 15.7. The van der Waals surface area contributed by atoms with Gasteiger partial charge in [-0.05, 0) is 36.2 Å². The topological polar surface area (TPSA) is 38.3 Å². The fraction of sp³-hybridized carbons (Fsp3) is 0.188. The number of halogens is 2. The lowest BCUT2D eigenvalue weighted by Crippen LogP contribution is -2.20. The summed E-state index contributed by atoms with van der Waals surface area (Å²) in [5.74, 6) is 0.196. The molecule has 5 heteroatoms. The van der Waals surface area contributed by atoms with Crippen molar-refractivity contribution in [3.05, 3.63) is 58.1 Å². The molecule has 0 unspecified atom stereocenters. The van der Waals surface area contributed by atoms with Crippen molar-refractivity contribution in [3.63, 3.8) is 0 Å². The Bertz CT molecular complexity index is 644. The van der Waals surface area contributed by atoms with E-state index in [4.69, 9.17) is 27.9 Å². The minimum Gasteiger partial charge on any atom is -0.482 e. The summed E-state index contributed by atoms with van der Waals surface area (Å²) in [7, 11) is 0. The Hall–Kier alpha value is -1.71. The molecule has 2 rings (SSSR count). The average molecular weight is 324 g/mol. The van der Waals surface area contributed by atoms with Crippen LogP contribution in [0.3, 0.4) is 0 Å². The van der Waals surface area contributed by atoms with Crippen molar-refractivity contribution in [2.24, 2.45) is 0 Å². The molecule has 0 saturated heterocycles. The van der Waals surface area contributed by atoms with Crippen molar-refractivity contribution in [3.8, 4) is 5.75 Å². The monoisotopic (exact) mass is 323 g/mol. The van der Waals surface area contributed by atoms with Gasteiger partial charge in [-0.15, -0.1) is 0 Å². The van der Waals surface area contributed by atoms with Gasteiger partial charge in [0.15, 0.2) is 6.61 Å². The van der Waals surface area contributed by atoms with Crippen LogP contribution in [0.25, 0.3) is 0 Å². The molecule has 2 aromatic rings. The van der Waals surface area contributed by atoms with E-state index in [1.165, 1.54) is 0 Å². The van der Waals surface area contributed by atoms with Gasteiger partial charge in [0.05, 0.1) is 5.02 Å². The second-order valence-corrected chi connectivity index (χ2v) is 5.27. The number of rotatable bonds is 5. The Morgan fingerprint density at radius 1 is 1.19 bits per heavy atom. The highest BCUT2D eigenvalue weighted by Crippen LogP contribution is 2.27. The van der Waals surface area contributed by atoms with Crippen LogP contribution in [0.1, 0.15) is 12.5 Å². The molecule has 0 atom stereocenters. The number of benzene rings is 2. The SMILES string of the molecule is CCc1ccccc1NC(=O)COc1ccc(Cl)cc1Cl. The quantitative estimate of drug-likeness (QED) is 0.875. The van der Waals surface area contributed by atoms with Crippen molar-refractivity contribution in [2.75, 3.05) is 11.9 Å². The van der Waals surface area contributed by atoms with Gasteiger partial charge in [0, 0.05) is 10.7 Å². The Morgan fingerprint density at radius 3 is 2.67 bits per heavy atom. The standard InChI is InChI=1S/C16H15Cl2NO2/c1-2-11-5-3-4-6-14(11)19-16(20)10-21-15-8-7-12(17)9-13(15)18/h3-9H,2,10H2,1H3,(H,19,20). The number of carbonyl (C=O) groups excluding carboxylic acids is 1. The number of anilines is 1. The van der Waals surface area contributed by atoms with E-state index in [-0.39, 0.29) is 12.5 Å². The van der Waals surface area contributed by atoms with Crippen LogP contribution in [-0.4, -0.2) is 12.5 Å². The third-order valence-electron chi connectivity index (χ3n) is 2.93. The molecule has 0 aliphatic heterocycles. The summed E-state index contributed by atoms with van der Waals surface area (Å²) in [6.45, 7) is 1.92. The Kier molecular flexibility index (Phi) is 5.48. The van der Waals surface area contributed by atoms with Crippen molar-refractivity contribution in [2.45, 2.75) is 13.3 Å². The lowest BCUT2D eigenvalue weighted by molar-refractivity contribution is -0.118. The summed E-state index contributed by atoms with van der Waals surface area (Å²) < 4.78 is 5.40. The Morgan fingerprint density at radius 2 is 1.95 bits per heavy atom. The molecule has 0 heterocycles. The third-order valence-corrected chi connectivity index (χ3v) is 3.46. The zero-order valence-corrected chi connectivity index (χ0v) is 13.0. The van der Waals surface area contributed by atoms with Crippen molar-refractivity contribution >= 4 is 34.8 Å². The Balaban J connectivity index is 1.96. The zero-order valence-electron chi connectivity index (χ0n) is 11.5. The molecule has 0 aliphatic rings. The smallest absolute Gasteiger partial charge is 0.262 e. The van der Waals surface area contributed by atoms with Crippen molar-refractivity contribution < 1.29 is 9.53 Å². The number of aryl methyl sites for hydroxylation is 1. The maximum Gasteiger partial charge on any atom is 0.262 e. The van der Waals surface area contributed by atoms with Crippen LogP contribution >= 0.6 is 23.2 Å². The molecule has 0 saturated carbocycles. The van der Waals surface area contributed by atoms with E-state index in [9.17, 15) is 4.79 Å². The van der Waals surface area contributed by atoms with E-state index in [1.807, 2.05) is 31.2 Å². The maximum absolute atomic E-state index is 11.9. The summed E-state index contributed by atoms with van der Waals surface area (Å²) in [5, 5.41) is 3.73. The molecule has 1 N–H and O–H groups in total. The summed E-state index contributed by atoms with van der Waals surface area (Å²) in [6.07, 6.45) is 0.848. The lowest BCUT2D eigenvalue weighted by atomic mass is 10.1. The second-order valence-electron chi connectivity index (χ2n) is 4.42. The van der Waals surface area contributed by atoms with Crippen LogP contribution in [0.4, 0.5) is 5.69 Å². The largest absolute Gasteiger partial charge is 0.482 e. The predicted molar refractivity (Wildman–Crippen MR) is 86.4 cm³/mol. The van der Waals surface area contributed by atoms with Crippen LogP contribution < -0.4 is 10.1 Å². The van der Waals surface area contributed by atoms with Crippen LogP contribution in [0.5, 0.6) is 5.75 Å². The fourth-order valence-corrected chi connectivity index (χ4v) is 2.34. The van der Waals surface area contributed by atoms with Crippen LogP contribution in [0, 0.1) is 0 Å². The molecule has 0 aromatic heterocycles. The molecule has 0 spiro atoms. The van der Waals surface area contributed by atoms with Gasteiger partial charge in [-0.1, -0.05) is 48.3 Å². The van der Waals surface area contributed by atoms with Gasteiger partial charge in [0.25, 0.3) is 5.91 Å². The summed E-state index contributed by atoms with van der Waals surface area (Å²) in [5.41, 5.74) is 1.88. The molecule has 0 bridgehead atoms. The summed E-state index contributed by atoms with van der Waals surface area (Å²) >= 11 is 11.8. The summed E-state index contributed by atoms with van der Waals surface area (Å²) in [4.78, 5) is 11.9. The van der Waals surface area contributed by atoms with E-state index >= 15 is 0 Å². The van der Waals surface area contributed by atoms with Gasteiger partial charge in [-0.25, -0.2) is 0 Å². The number of hydrogen-bond donors (Lipinski definition) is 1. The minimum absolute atomic E-state index is 0.112. The van der Waals surface area contributed by atoms with E-state index in [1.54, 1.807) is 18.2 Å². The molecule has 21 heavy (non-hydrogen) atoms. The number of hydrogen-bond acceptors (Lipinski definition) is 2. The van der Waals surface area contributed by atoms with E-state index in [2.05, 4.69) is 5.32 Å². The van der Waals surface area contributed by atoms with E-state index in [0.717, 1.165) is 17.7 Å². The number of ether oxygens (including phenoxy) is 1. The molecule has 1 amide bonds. The highest BCUT2D eigenvalue weighted by Gasteiger charge is 2.08. The van der Waals surface area contributed by atoms with Gasteiger partial charge in [-0.3, -0.25) is 4.79 Å². The molecular formula is C16H15Cl2NO2. The molecule has 110 valence electrons. The van der Waals surface area contributed by atoms with Crippen molar-refractivity contribution in [1.29, 1.82) is 0 Å². The van der Waals surface area contributed by atoms with Crippen molar-refractivity contribution in [1.82, 2.24) is 0 Å². The number of nitrogens with one attached hydrogen (secondary N) is 1. The van der Waals surface area contributed by atoms with Crippen LogP contribution in [0.15, 0.2) is 42.5 Å². The highest BCUT2D eigenvalue weighted by atomic mass is 35.5. The molecular weight excluding hydrogens is 309 g/mol. The number of amides is 1. The van der Waals surface area contributed by atoms with Crippen LogP contribution in [0.2, 0.25) is 10.0 Å². The van der Waals surface area contributed by atoms with Gasteiger partial charge in [-0.2, -0.15) is 0 Å². The number of para-hydroxylation sites is 1. The van der Waals surface area contributed by atoms with Crippen LogP contribution in [-0.2, 0) is 11.2 Å². The van der Waals surface area contributed by atoms with E-state index < -0.39 is 0 Å².